The third-order valence-corrected chi connectivity index (χ3v) is 3.12. The highest BCUT2D eigenvalue weighted by atomic mass is 35.5. The first-order valence-electron chi connectivity index (χ1n) is 5.52. The van der Waals surface area contributed by atoms with Gasteiger partial charge in [0.15, 0.2) is 0 Å². The predicted octanol–water partition coefficient (Wildman–Crippen LogP) is 2.91. The zero-order valence-electron chi connectivity index (χ0n) is 10.3. The SMILES string of the molecule is Cc1cc(OCc2cnc(N)cn2)cc(C)c1Cl. The van der Waals surface area contributed by atoms with Crippen molar-refractivity contribution in [2.24, 2.45) is 0 Å². The maximum Gasteiger partial charge on any atom is 0.141 e. The normalized spacial score (nSPS) is 10.4. The van der Waals surface area contributed by atoms with Gasteiger partial charge < -0.3 is 10.5 Å². The molecule has 0 radical (unpaired) electrons. The lowest BCUT2D eigenvalue weighted by Crippen LogP contribution is -2.01. The van der Waals surface area contributed by atoms with E-state index in [2.05, 4.69) is 9.97 Å². The first kappa shape index (κ1) is 12.6. The number of nitrogens with zero attached hydrogens (tertiary/aromatic N) is 2. The van der Waals surface area contributed by atoms with Crippen LogP contribution in [0.5, 0.6) is 5.75 Å². The van der Waals surface area contributed by atoms with Crippen LogP contribution in [0.25, 0.3) is 0 Å². The fourth-order valence-corrected chi connectivity index (χ4v) is 1.70. The van der Waals surface area contributed by atoms with Crippen LogP contribution in [0.15, 0.2) is 24.5 Å². The molecule has 0 unspecified atom stereocenters. The van der Waals surface area contributed by atoms with Crippen LogP contribution in [0.1, 0.15) is 16.8 Å². The second-order valence-electron chi connectivity index (χ2n) is 4.09. The van der Waals surface area contributed by atoms with Crippen LogP contribution in [-0.2, 0) is 6.61 Å². The lowest BCUT2D eigenvalue weighted by atomic mass is 10.1. The number of aryl methyl sites for hydroxylation is 2. The Morgan fingerprint density at radius 1 is 1.17 bits per heavy atom. The average Bonchev–Trinajstić information content (AvgIpc) is 2.35. The Labute approximate surface area is 111 Å². The Kier molecular flexibility index (Phi) is 3.67. The summed E-state index contributed by atoms with van der Waals surface area (Å²) < 4.78 is 5.65. The van der Waals surface area contributed by atoms with Gasteiger partial charge in [-0.2, -0.15) is 0 Å². The minimum absolute atomic E-state index is 0.355. The quantitative estimate of drug-likeness (QED) is 0.925. The summed E-state index contributed by atoms with van der Waals surface area (Å²) >= 11 is 6.09. The number of nitrogens with two attached hydrogens (primary N) is 1. The van der Waals surface area contributed by atoms with Gasteiger partial charge >= 0.3 is 0 Å². The molecule has 0 spiro atoms. The summed E-state index contributed by atoms with van der Waals surface area (Å²) in [7, 11) is 0. The van der Waals surface area contributed by atoms with Crippen molar-refractivity contribution in [3.63, 3.8) is 0 Å². The van der Waals surface area contributed by atoms with Crippen molar-refractivity contribution >= 4 is 17.4 Å². The lowest BCUT2D eigenvalue weighted by Gasteiger charge is -2.09. The smallest absolute Gasteiger partial charge is 0.141 e. The minimum atomic E-state index is 0.355. The molecule has 2 rings (SSSR count). The molecule has 1 aromatic carbocycles. The fourth-order valence-electron chi connectivity index (χ4n) is 1.59. The van der Waals surface area contributed by atoms with Gasteiger partial charge in [0.25, 0.3) is 0 Å². The van der Waals surface area contributed by atoms with Gasteiger partial charge in [-0.25, -0.2) is 4.98 Å². The van der Waals surface area contributed by atoms with E-state index in [1.165, 1.54) is 6.20 Å². The van der Waals surface area contributed by atoms with Crippen molar-refractivity contribution in [1.82, 2.24) is 9.97 Å². The standard InChI is InChI=1S/C13H14ClN3O/c1-8-3-11(4-9(2)13(8)14)18-7-10-5-17-12(15)6-16-10/h3-6H,7H2,1-2H3,(H2,15,17). The van der Waals surface area contributed by atoms with E-state index in [4.69, 9.17) is 22.1 Å². The fraction of sp³-hybridized carbons (Fsp3) is 0.231. The van der Waals surface area contributed by atoms with Crippen molar-refractivity contribution in [2.75, 3.05) is 5.73 Å². The number of ether oxygens (including phenoxy) is 1. The molecule has 0 aliphatic rings. The van der Waals surface area contributed by atoms with Gasteiger partial charge in [0.05, 0.1) is 18.1 Å². The molecular formula is C13H14ClN3O. The molecule has 0 aliphatic heterocycles. The maximum absolute atomic E-state index is 6.09. The molecule has 2 N–H and O–H groups in total. The molecule has 5 heteroatoms. The Morgan fingerprint density at radius 3 is 2.39 bits per heavy atom. The molecule has 94 valence electrons. The second-order valence-corrected chi connectivity index (χ2v) is 4.47. The van der Waals surface area contributed by atoms with E-state index in [0.29, 0.717) is 12.4 Å². The molecule has 0 atom stereocenters. The number of halogens is 1. The third kappa shape index (κ3) is 2.90. The highest BCUT2D eigenvalue weighted by Crippen LogP contribution is 2.26. The monoisotopic (exact) mass is 263 g/mol. The molecule has 2 aromatic rings. The number of nitrogen functional groups attached to an aromatic ring is 1. The van der Waals surface area contributed by atoms with Gasteiger partial charge in [-0.1, -0.05) is 11.6 Å². The highest BCUT2D eigenvalue weighted by molar-refractivity contribution is 6.32. The van der Waals surface area contributed by atoms with E-state index in [1.54, 1.807) is 6.20 Å². The zero-order valence-corrected chi connectivity index (χ0v) is 11.0. The van der Waals surface area contributed by atoms with Crippen molar-refractivity contribution in [1.29, 1.82) is 0 Å². The summed E-state index contributed by atoms with van der Waals surface area (Å²) in [5.41, 5.74) is 8.18. The van der Waals surface area contributed by atoms with Crippen molar-refractivity contribution in [2.45, 2.75) is 20.5 Å². The molecule has 0 saturated carbocycles. The largest absolute Gasteiger partial charge is 0.487 e. The van der Waals surface area contributed by atoms with Crippen LogP contribution in [0, 0.1) is 13.8 Å². The van der Waals surface area contributed by atoms with Crippen LogP contribution in [0.2, 0.25) is 5.02 Å². The topological polar surface area (TPSA) is 61.0 Å². The molecule has 0 amide bonds. The Hall–Kier alpha value is -1.81. The second kappa shape index (κ2) is 5.23. The summed E-state index contributed by atoms with van der Waals surface area (Å²) in [6, 6.07) is 3.81. The van der Waals surface area contributed by atoms with Crippen molar-refractivity contribution in [3.05, 3.63) is 46.4 Å². The molecule has 0 bridgehead atoms. The summed E-state index contributed by atoms with van der Waals surface area (Å²) in [5, 5.41) is 0.773. The summed E-state index contributed by atoms with van der Waals surface area (Å²) in [4.78, 5) is 8.07. The lowest BCUT2D eigenvalue weighted by molar-refractivity contribution is 0.300. The van der Waals surface area contributed by atoms with Gasteiger partial charge in [0.2, 0.25) is 0 Å². The van der Waals surface area contributed by atoms with E-state index in [-0.39, 0.29) is 0 Å². The van der Waals surface area contributed by atoms with Crippen LogP contribution in [0.4, 0.5) is 5.82 Å². The molecular weight excluding hydrogens is 250 g/mol. The van der Waals surface area contributed by atoms with Crippen LogP contribution < -0.4 is 10.5 Å². The summed E-state index contributed by atoms with van der Waals surface area (Å²) in [5.74, 6) is 1.17. The first-order valence-corrected chi connectivity index (χ1v) is 5.90. The Balaban J connectivity index is 2.08. The number of hydrogen-bond acceptors (Lipinski definition) is 4. The number of aromatic nitrogens is 2. The van der Waals surface area contributed by atoms with Gasteiger partial charge in [-0.3, -0.25) is 4.98 Å². The maximum atomic E-state index is 6.09. The first-order chi connectivity index (χ1) is 8.56. The van der Waals surface area contributed by atoms with E-state index < -0.39 is 0 Å². The van der Waals surface area contributed by atoms with Crippen molar-refractivity contribution in [3.8, 4) is 5.75 Å². The molecule has 1 aromatic heterocycles. The average molecular weight is 264 g/mol. The van der Waals surface area contributed by atoms with Crippen LogP contribution in [-0.4, -0.2) is 9.97 Å². The minimum Gasteiger partial charge on any atom is -0.487 e. The molecule has 18 heavy (non-hydrogen) atoms. The highest BCUT2D eigenvalue weighted by Gasteiger charge is 2.04. The third-order valence-electron chi connectivity index (χ3n) is 2.52. The van der Waals surface area contributed by atoms with Gasteiger partial charge in [-0.05, 0) is 37.1 Å². The molecule has 0 fully saturated rings. The van der Waals surface area contributed by atoms with Gasteiger partial charge in [0, 0.05) is 5.02 Å². The number of rotatable bonds is 3. The van der Waals surface area contributed by atoms with E-state index in [1.807, 2.05) is 26.0 Å². The van der Waals surface area contributed by atoms with Crippen LogP contribution in [0.3, 0.4) is 0 Å². The Morgan fingerprint density at radius 2 is 1.83 bits per heavy atom. The van der Waals surface area contributed by atoms with E-state index in [0.717, 1.165) is 27.6 Å². The van der Waals surface area contributed by atoms with Crippen molar-refractivity contribution < 1.29 is 4.74 Å². The summed E-state index contributed by atoms with van der Waals surface area (Å²) in [6.45, 7) is 4.25. The predicted molar refractivity (Wildman–Crippen MR) is 71.7 cm³/mol. The van der Waals surface area contributed by atoms with E-state index >= 15 is 0 Å². The van der Waals surface area contributed by atoms with Gasteiger partial charge in [-0.15, -0.1) is 0 Å². The molecule has 1 heterocycles. The zero-order chi connectivity index (χ0) is 13.1. The molecule has 4 nitrogen and oxygen atoms in total. The van der Waals surface area contributed by atoms with E-state index in [9.17, 15) is 0 Å². The molecule has 0 saturated heterocycles. The number of benzene rings is 1. The van der Waals surface area contributed by atoms with Gasteiger partial charge in [0.1, 0.15) is 18.2 Å². The summed E-state index contributed by atoms with van der Waals surface area (Å²) in [6.07, 6.45) is 3.11. The van der Waals surface area contributed by atoms with Crippen LogP contribution >= 0.6 is 11.6 Å². The number of anilines is 1. The number of hydrogen-bond donors (Lipinski definition) is 1. The molecule has 0 aliphatic carbocycles. The Bertz CT molecular complexity index is 532.